The molecule has 0 saturated heterocycles. The Labute approximate surface area is 177 Å². The largest absolute Gasteiger partial charge is 0.494 e. The SMILES string of the molecule is CCOc1ccc(NC(CC(=O)c2ccccc2)c2ccc(OC)c(OC)c2)cc1. The first-order chi connectivity index (χ1) is 14.6. The van der Waals surface area contributed by atoms with Crippen LogP contribution < -0.4 is 19.5 Å². The van der Waals surface area contributed by atoms with Crippen LogP contribution in [0.4, 0.5) is 5.69 Å². The molecule has 0 aliphatic rings. The number of Topliss-reactive ketones (excluding diaryl/α,β-unsaturated/α-hetero) is 1. The molecular formula is C25H27NO4. The Morgan fingerprint density at radius 1 is 0.900 bits per heavy atom. The number of carbonyl (C=O) groups excluding carboxylic acids is 1. The van der Waals surface area contributed by atoms with Crippen LogP contribution in [0.5, 0.6) is 17.2 Å². The van der Waals surface area contributed by atoms with Crippen molar-refractivity contribution < 1.29 is 19.0 Å². The van der Waals surface area contributed by atoms with Crippen molar-refractivity contribution in [3.63, 3.8) is 0 Å². The summed E-state index contributed by atoms with van der Waals surface area (Å²) < 4.78 is 16.3. The maximum absolute atomic E-state index is 12.9. The van der Waals surface area contributed by atoms with Crippen LogP contribution in [0.25, 0.3) is 0 Å². The quantitative estimate of drug-likeness (QED) is 0.450. The average Bonchev–Trinajstić information content (AvgIpc) is 2.80. The van der Waals surface area contributed by atoms with Gasteiger partial charge in [-0.2, -0.15) is 0 Å². The first-order valence-corrected chi connectivity index (χ1v) is 9.94. The molecule has 156 valence electrons. The molecule has 3 rings (SSSR count). The highest BCUT2D eigenvalue weighted by atomic mass is 16.5. The molecule has 1 N–H and O–H groups in total. The minimum Gasteiger partial charge on any atom is -0.494 e. The monoisotopic (exact) mass is 405 g/mol. The van der Waals surface area contributed by atoms with Crippen molar-refractivity contribution in [2.24, 2.45) is 0 Å². The Morgan fingerprint density at radius 2 is 1.60 bits per heavy atom. The van der Waals surface area contributed by atoms with Gasteiger partial charge in [0, 0.05) is 17.7 Å². The van der Waals surface area contributed by atoms with Crippen molar-refractivity contribution in [3.8, 4) is 17.2 Å². The van der Waals surface area contributed by atoms with Gasteiger partial charge in [0.1, 0.15) is 5.75 Å². The van der Waals surface area contributed by atoms with Crippen LogP contribution in [-0.2, 0) is 0 Å². The number of benzene rings is 3. The summed E-state index contributed by atoms with van der Waals surface area (Å²) in [6, 6.07) is 22.5. The summed E-state index contributed by atoms with van der Waals surface area (Å²) in [5.74, 6) is 2.15. The van der Waals surface area contributed by atoms with E-state index in [1.807, 2.05) is 79.7 Å². The van der Waals surface area contributed by atoms with Crippen LogP contribution in [0.3, 0.4) is 0 Å². The number of hydrogen-bond acceptors (Lipinski definition) is 5. The smallest absolute Gasteiger partial charge is 0.165 e. The molecule has 0 bridgehead atoms. The minimum atomic E-state index is -0.240. The summed E-state index contributed by atoms with van der Waals surface area (Å²) in [6.45, 7) is 2.57. The van der Waals surface area contributed by atoms with E-state index in [-0.39, 0.29) is 11.8 Å². The maximum Gasteiger partial charge on any atom is 0.165 e. The molecule has 3 aromatic rings. The van der Waals surface area contributed by atoms with Gasteiger partial charge in [-0.05, 0) is 48.9 Å². The van der Waals surface area contributed by atoms with Gasteiger partial charge in [0.15, 0.2) is 17.3 Å². The lowest BCUT2D eigenvalue weighted by Crippen LogP contribution is -2.16. The van der Waals surface area contributed by atoms with Gasteiger partial charge >= 0.3 is 0 Å². The molecule has 0 aromatic heterocycles. The van der Waals surface area contributed by atoms with Crippen LogP contribution >= 0.6 is 0 Å². The minimum absolute atomic E-state index is 0.0637. The van der Waals surface area contributed by atoms with Crippen LogP contribution in [0, 0.1) is 0 Å². The lowest BCUT2D eigenvalue weighted by Gasteiger charge is -2.21. The number of ketones is 1. The second kappa shape index (κ2) is 10.3. The van der Waals surface area contributed by atoms with Crippen LogP contribution in [0.1, 0.15) is 35.3 Å². The zero-order chi connectivity index (χ0) is 21.3. The van der Waals surface area contributed by atoms with E-state index < -0.39 is 0 Å². The second-order valence-corrected chi connectivity index (χ2v) is 6.76. The normalized spacial score (nSPS) is 11.4. The molecule has 0 aliphatic carbocycles. The third-order valence-corrected chi connectivity index (χ3v) is 4.80. The summed E-state index contributed by atoms with van der Waals surface area (Å²) in [4.78, 5) is 12.9. The zero-order valence-corrected chi connectivity index (χ0v) is 17.6. The molecule has 5 heteroatoms. The van der Waals surface area contributed by atoms with Crippen molar-refractivity contribution >= 4 is 11.5 Å². The maximum atomic E-state index is 12.9. The lowest BCUT2D eigenvalue weighted by atomic mass is 9.97. The Hall–Kier alpha value is -3.47. The number of nitrogens with one attached hydrogen (secondary N) is 1. The first kappa shape index (κ1) is 21.2. The van der Waals surface area contributed by atoms with Gasteiger partial charge in [-0.15, -0.1) is 0 Å². The van der Waals surface area contributed by atoms with E-state index in [9.17, 15) is 4.79 Å². The molecule has 0 radical (unpaired) electrons. The summed E-state index contributed by atoms with van der Waals surface area (Å²) in [6.07, 6.45) is 0.298. The molecule has 0 fully saturated rings. The van der Waals surface area contributed by atoms with Crippen molar-refractivity contribution in [2.45, 2.75) is 19.4 Å². The Bertz CT molecular complexity index is 955. The van der Waals surface area contributed by atoms with E-state index in [2.05, 4.69) is 5.32 Å². The molecule has 0 aliphatic heterocycles. The fourth-order valence-corrected chi connectivity index (χ4v) is 3.26. The molecule has 0 spiro atoms. The molecule has 1 unspecified atom stereocenters. The molecular weight excluding hydrogens is 378 g/mol. The number of rotatable bonds is 10. The third kappa shape index (κ3) is 5.32. The Kier molecular flexibility index (Phi) is 7.33. The van der Waals surface area contributed by atoms with Gasteiger partial charge in [0.05, 0.1) is 26.9 Å². The van der Waals surface area contributed by atoms with E-state index >= 15 is 0 Å². The lowest BCUT2D eigenvalue weighted by molar-refractivity contribution is 0.0976. The highest BCUT2D eigenvalue weighted by Crippen LogP contribution is 2.33. The number of carbonyl (C=O) groups is 1. The van der Waals surface area contributed by atoms with Crippen LogP contribution in [0.15, 0.2) is 72.8 Å². The van der Waals surface area contributed by atoms with E-state index in [1.165, 1.54) is 0 Å². The molecule has 3 aromatic carbocycles. The Morgan fingerprint density at radius 3 is 2.23 bits per heavy atom. The fraction of sp³-hybridized carbons (Fsp3) is 0.240. The van der Waals surface area contributed by atoms with E-state index in [0.717, 1.165) is 17.0 Å². The van der Waals surface area contributed by atoms with Gasteiger partial charge in [-0.3, -0.25) is 4.79 Å². The predicted octanol–water partition coefficient (Wildman–Crippen LogP) is 5.53. The fourth-order valence-electron chi connectivity index (χ4n) is 3.26. The standard InChI is InChI=1S/C25H27NO4/c1-4-30-21-13-11-20(12-14-21)26-22(17-23(27)18-8-6-5-7-9-18)19-10-15-24(28-2)25(16-19)29-3/h5-16,22,26H,4,17H2,1-3H3. The van der Waals surface area contributed by atoms with Gasteiger partial charge < -0.3 is 19.5 Å². The Balaban J connectivity index is 1.88. The van der Waals surface area contributed by atoms with Crippen LogP contribution in [0.2, 0.25) is 0 Å². The summed E-state index contributed by atoms with van der Waals surface area (Å²) in [5.41, 5.74) is 2.53. The molecule has 1 atom stereocenters. The van der Waals surface area contributed by atoms with Gasteiger partial charge in [0.2, 0.25) is 0 Å². The first-order valence-electron chi connectivity index (χ1n) is 9.94. The van der Waals surface area contributed by atoms with Crippen molar-refractivity contribution in [3.05, 3.63) is 83.9 Å². The van der Waals surface area contributed by atoms with Crippen molar-refractivity contribution in [1.29, 1.82) is 0 Å². The zero-order valence-electron chi connectivity index (χ0n) is 17.6. The number of methoxy groups -OCH3 is 2. The molecule has 30 heavy (non-hydrogen) atoms. The molecule has 5 nitrogen and oxygen atoms in total. The molecule has 0 amide bonds. The van der Waals surface area contributed by atoms with Crippen molar-refractivity contribution in [1.82, 2.24) is 0 Å². The van der Waals surface area contributed by atoms with Gasteiger partial charge in [0.25, 0.3) is 0 Å². The van der Waals surface area contributed by atoms with Gasteiger partial charge in [-0.1, -0.05) is 36.4 Å². The highest BCUT2D eigenvalue weighted by molar-refractivity contribution is 5.96. The molecule has 0 heterocycles. The van der Waals surface area contributed by atoms with E-state index in [0.29, 0.717) is 30.1 Å². The topological polar surface area (TPSA) is 56.8 Å². The second-order valence-electron chi connectivity index (χ2n) is 6.76. The number of anilines is 1. The summed E-state index contributed by atoms with van der Waals surface area (Å²) in [7, 11) is 3.21. The van der Waals surface area contributed by atoms with Gasteiger partial charge in [-0.25, -0.2) is 0 Å². The summed E-state index contributed by atoms with van der Waals surface area (Å²) >= 11 is 0. The van der Waals surface area contributed by atoms with E-state index in [4.69, 9.17) is 14.2 Å². The average molecular weight is 405 g/mol. The third-order valence-electron chi connectivity index (χ3n) is 4.80. The number of ether oxygens (including phenoxy) is 3. The molecule has 0 saturated carbocycles. The highest BCUT2D eigenvalue weighted by Gasteiger charge is 2.19. The number of hydrogen-bond donors (Lipinski definition) is 1. The predicted molar refractivity (Wildman–Crippen MR) is 119 cm³/mol. The van der Waals surface area contributed by atoms with E-state index in [1.54, 1.807) is 14.2 Å². The van der Waals surface area contributed by atoms with Crippen LogP contribution in [-0.4, -0.2) is 26.6 Å². The summed E-state index contributed by atoms with van der Waals surface area (Å²) in [5, 5.41) is 3.48. The van der Waals surface area contributed by atoms with Crippen molar-refractivity contribution in [2.75, 3.05) is 26.1 Å².